The van der Waals surface area contributed by atoms with Crippen LogP contribution in [-0.2, 0) is 4.79 Å². The minimum Gasteiger partial charge on any atom is -0.307 e. The first-order chi connectivity index (χ1) is 9.15. The molecule has 1 amide bonds. The minimum atomic E-state index is -0.183. The van der Waals surface area contributed by atoms with E-state index in [9.17, 15) is 4.79 Å². The summed E-state index contributed by atoms with van der Waals surface area (Å²) in [6, 6.07) is 9.88. The van der Waals surface area contributed by atoms with Gasteiger partial charge in [0.05, 0.1) is 6.20 Å². The van der Waals surface area contributed by atoms with Gasteiger partial charge in [0.15, 0.2) is 0 Å². The van der Waals surface area contributed by atoms with Crippen molar-refractivity contribution in [3.8, 4) is 0 Å². The first-order valence-corrected chi connectivity index (χ1v) is 6.23. The number of hydrogen-bond acceptors (Lipinski definition) is 2. The maximum Gasteiger partial charge on any atom is 0.249 e. The number of H-pyrrole nitrogens is 1. The van der Waals surface area contributed by atoms with Crippen molar-refractivity contribution >= 4 is 17.8 Å². The van der Waals surface area contributed by atoms with Crippen LogP contribution in [0.15, 0.2) is 42.6 Å². The topological polar surface area (TPSA) is 57.8 Å². The van der Waals surface area contributed by atoms with Crippen molar-refractivity contribution < 1.29 is 4.79 Å². The molecule has 0 radical (unpaired) electrons. The van der Waals surface area contributed by atoms with Gasteiger partial charge in [0.1, 0.15) is 5.82 Å². The Hall–Kier alpha value is -2.36. The molecule has 2 rings (SSSR count). The number of carbonyl (C=O) groups is 1. The van der Waals surface area contributed by atoms with Gasteiger partial charge in [-0.2, -0.15) is 5.10 Å². The van der Waals surface area contributed by atoms with E-state index in [1.807, 2.05) is 12.1 Å². The molecule has 4 nitrogen and oxygen atoms in total. The van der Waals surface area contributed by atoms with Crippen LogP contribution < -0.4 is 5.32 Å². The Kier molecular flexibility index (Phi) is 4.13. The van der Waals surface area contributed by atoms with E-state index in [1.165, 1.54) is 11.6 Å². The van der Waals surface area contributed by atoms with Gasteiger partial charge in [0.2, 0.25) is 5.91 Å². The summed E-state index contributed by atoms with van der Waals surface area (Å²) < 4.78 is 0. The Morgan fingerprint density at radius 3 is 2.58 bits per heavy atom. The molecule has 0 saturated heterocycles. The number of nitrogens with one attached hydrogen (secondary N) is 2. The molecule has 2 N–H and O–H groups in total. The lowest BCUT2D eigenvalue weighted by Crippen LogP contribution is -2.07. The summed E-state index contributed by atoms with van der Waals surface area (Å²) in [4.78, 5) is 11.6. The zero-order valence-electron chi connectivity index (χ0n) is 11.1. The molecule has 1 heterocycles. The SMILES string of the molecule is CC(C)c1ccc(C=CC(=O)Nc2ccn[nH]2)cc1. The number of aromatic amines is 1. The van der Waals surface area contributed by atoms with Crippen molar-refractivity contribution in [2.24, 2.45) is 0 Å². The van der Waals surface area contributed by atoms with E-state index in [2.05, 4.69) is 41.5 Å². The number of amides is 1. The van der Waals surface area contributed by atoms with Crippen LogP contribution in [0.25, 0.3) is 6.08 Å². The van der Waals surface area contributed by atoms with E-state index >= 15 is 0 Å². The van der Waals surface area contributed by atoms with E-state index in [1.54, 1.807) is 18.3 Å². The molecule has 0 fully saturated rings. The summed E-state index contributed by atoms with van der Waals surface area (Å²) in [6.45, 7) is 4.31. The van der Waals surface area contributed by atoms with Crippen molar-refractivity contribution in [1.29, 1.82) is 0 Å². The highest BCUT2D eigenvalue weighted by Gasteiger charge is 1.99. The lowest BCUT2D eigenvalue weighted by molar-refractivity contribution is -0.111. The maximum atomic E-state index is 11.6. The Labute approximate surface area is 112 Å². The predicted molar refractivity (Wildman–Crippen MR) is 76.8 cm³/mol. The third kappa shape index (κ3) is 3.81. The third-order valence-corrected chi connectivity index (χ3v) is 2.79. The minimum absolute atomic E-state index is 0.183. The number of benzene rings is 1. The van der Waals surface area contributed by atoms with E-state index in [4.69, 9.17) is 0 Å². The fourth-order valence-electron chi connectivity index (χ4n) is 1.66. The van der Waals surface area contributed by atoms with Crippen molar-refractivity contribution in [2.75, 3.05) is 5.32 Å². The summed E-state index contributed by atoms with van der Waals surface area (Å²) in [5.41, 5.74) is 2.29. The lowest BCUT2D eigenvalue weighted by Gasteiger charge is -2.04. The van der Waals surface area contributed by atoms with Gasteiger partial charge in [-0.15, -0.1) is 0 Å². The molecule has 0 aliphatic carbocycles. The Morgan fingerprint density at radius 2 is 2.00 bits per heavy atom. The molecule has 98 valence electrons. The second kappa shape index (κ2) is 6.00. The number of hydrogen-bond donors (Lipinski definition) is 2. The zero-order chi connectivity index (χ0) is 13.7. The normalized spacial score (nSPS) is 11.1. The first kappa shape index (κ1) is 13.1. The second-order valence-corrected chi connectivity index (χ2v) is 4.61. The van der Waals surface area contributed by atoms with E-state index in [0.29, 0.717) is 11.7 Å². The predicted octanol–water partition coefficient (Wildman–Crippen LogP) is 3.19. The Bertz CT molecular complexity index is 554. The number of rotatable bonds is 4. The van der Waals surface area contributed by atoms with Crippen molar-refractivity contribution in [2.45, 2.75) is 19.8 Å². The molecule has 0 bridgehead atoms. The molecular formula is C15H17N3O. The van der Waals surface area contributed by atoms with Gasteiger partial charge in [0, 0.05) is 12.1 Å². The fourth-order valence-corrected chi connectivity index (χ4v) is 1.66. The molecule has 0 unspecified atom stereocenters. The smallest absolute Gasteiger partial charge is 0.249 e. The standard InChI is InChI=1S/C15H17N3O/c1-11(2)13-6-3-12(4-7-13)5-8-15(19)17-14-9-10-16-18-14/h3-11H,1-2H3,(H2,16,17,18,19). The summed E-state index contributed by atoms with van der Waals surface area (Å²) in [7, 11) is 0. The van der Waals surface area contributed by atoms with E-state index in [-0.39, 0.29) is 5.91 Å². The molecule has 0 atom stereocenters. The summed E-state index contributed by atoms with van der Waals surface area (Å²) in [6.07, 6.45) is 4.88. The lowest BCUT2D eigenvalue weighted by atomic mass is 10.0. The molecular weight excluding hydrogens is 238 g/mol. The van der Waals surface area contributed by atoms with Crippen molar-refractivity contribution in [3.05, 3.63) is 53.7 Å². The molecule has 0 aliphatic rings. The largest absolute Gasteiger partial charge is 0.307 e. The molecule has 4 heteroatoms. The number of nitrogens with zero attached hydrogens (tertiary/aromatic N) is 1. The van der Waals surface area contributed by atoms with Crippen LogP contribution in [0, 0.1) is 0 Å². The average Bonchev–Trinajstić information content (AvgIpc) is 2.89. The molecule has 1 aromatic carbocycles. The maximum absolute atomic E-state index is 11.6. The van der Waals surface area contributed by atoms with Gasteiger partial charge >= 0.3 is 0 Å². The second-order valence-electron chi connectivity index (χ2n) is 4.61. The monoisotopic (exact) mass is 255 g/mol. The molecule has 0 aliphatic heterocycles. The highest BCUT2D eigenvalue weighted by atomic mass is 16.1. The van der Waals surface area contributed by atoms with E-state index < -0.39 is 0 Å². The fraction of sp³-hybridized carbons (Fsp3) is 0.200. The van der Waals surface area contributed by atoms with Crippen LogP contribution in [-0.4, -0.2) is 16.1 Å². The summed E-state index contributed by atoms with van der Waals surface area (Å²) in [5.74, 6) is 0.920. The van der Waals surface area contributed by atoms with Crippen LogP contribution in [0.2, 0.25) is 0 Å². The number of anilines is 1. The molecule has 0 spiro atoms. The Balaban J connectivity index is 1.96. The number of aromatic nitrogens is 2. The van der Waals surface area contributed by atoms with Crippen LogP contribution in [0.4, 0.5) is 5.82 Å². The summed E-state index contributed by atoms with van der Waals surface area (Å²) >= 11 is 0. The summed E-state index contributed by atoms with van der Waals surface area (Å²) in [5, 5.41) is 9.10. The average molecular weight is 255 g/mol. The van der Waals surface area contributed by atoms with E-state index in [0.717, 1.165) is 5.56 Å². The van der Waals surface area contributed by atoms with Gasteiger partial charge in [-0.05, 0) is 23.1 Å². The highest BCUT2D eigenvalue weighted by molar-refractivity contribution is 6.01. The highest BCUT2D eigenvalue weighted by Crippen LogP contribution is 2.15. The molecule has 0 saturated carbocycles. The van der Waals surface area contributed by atoms with Crippen molar-refractivity contribution in [1.82, 2.24) is 10.2 Å². The third-order valence-electron chi connectivity index (χ3n) is 2.79. The van der Waals surface area contributed by atoms with Gasteiger partial charge in [0.25, 0.3) is 0 Å². The van der Waals surface area contributed by atoms with Gasteiger partial charge in [-0.25, -0.2) is 0 Å². The van der Waals surface area contributed by atoms with Crippen molar-refractivity contribution in [3.63, 3.8) is 0 Å². The van der Waals surface area contributed by atoms with Crippen LogP contribution >= 0.6 is 0 Å². The molecule has 2 aromatic rings. The van der Waals surface area contributed by atoms with Crippen LogP contribution in [0.5, 0.6) is 0 Å². The Morgan fingerprint density at radius 1 is 1.26 bits per heavy atom. The number of carbonyl (C=O) groups excluding carboxylic acids is 1. The zero-order valence-corrected chi connectivity index (χ0v) is 11.1. The van der Waals surface area contributed by atoms with Crippen LogP contribution in [0.3, 0.4) is 0 Å². The van der Waals surface area contributed by atoms with Crippen LogP contribution in [0.1, 0.15) is 30.9 Å². The van der Waals surface area contributed by atoms with Gasteiger partial charge in [-0.3, -0.25) is 9.89 Å². The molecule has 19 heavy (non-hydrogen) atoms. The molecule has 1 aromatic heterocycles. The quantitative estimate of drug-likeness (QED) is 0.824. The first-order valence-electron chi connectivity index (χ1n) is 6.23. The van der Waals surface area contributed by atoms with Gasteiger partial charge in [-0.1, -0.05) is 38.1 Å². The van der Waals surface area contributed by atoms with Gasteiger partial charge < -0.3 is 5.32 Å².